The second kappa shape index (κ2) is 3.52. The van der Waals surface area contributed by atoms with Crippen molar-refractivity contribution in [3.63, 3.8) is 0 Å². The summed E-state index contributed by atoms with van der Waals surface area (Å²) < 4.78 is 1.10. The van der Waals surface area contributed by atoms with Crippen LogP contribution in [0.3, 0.4) is 0 Å². The van der Waals surface area contributed by atoms with Gasteiger partial charge in [0.05, 0.1) is 12.5 Å². The molecule has 4 heteroatoms. The Morgan fingerprint density at radius 3 is 3.07 bits per heavy atom. The minimum Gasteiger partial charge on any atom is -0.398 e. The van der Waals surface area contributed by atoms with E-state index in [0.29, 0.717) is 12.1 Å². The van der Waals surface area contributed by atoms with Gasteiger partial charge in [0, 0.05) is 15.3 Å². The summed E-state index contributed by atoms with van der Waals surface area (Å²) in [7, 11) is 0. The molecule has 2 rings (SSSR count). The zero-order chi connectivity index (χ0) is 10.1. The van der Waals surface area contributed by atoms with Crippen molar-refractivity contribution in [3.05, 3.63) is 23.1 Å². The number of thiophene rings is 1. The lowest BCUT2D eigenvalue weighted by molar-refractivity contribution is 1.28. The molecule has 1 heterocycles. The normalized spacial score (nSPS) is 10.3. The van der Waals surface area contributed by atoms with Gasteiger partial charge in [0.2, 0.25) is 0 Å². The molecule has 0 fully saturated rings. The minimum atomic E-state index is 0.354. The van der Waals surface area contributed by atoms with Crippen molar-refractivity contribution in [3.8, 4) is 6.07 Å². The first-order valence-electron chi connectivity index (χ1n) is 4.08. The second-order valence-electron chi connectivity index (χ2n) is 2.96. The number of nitrogen functional groups attached to an aromatic ring is 1. The Labute approximate surface area is 91.4 Å². The molecule has 0 amide bonds. The number of benzene rings is 1. The van der Waals surface area contributed by atoms with E-state index in [-0.39, 0.29) is 0 Å². The van der Waals surface area contributed by atoms with Crippen LogP contribution in [0.2, 0.25) is 0 Å². The molecule has 2 nitrogen and oxygen atoms in total. The van der Waals surface area contributed by atoms with Gasteiger partial charge in [-0.3, -0.25) is 0 Å². The van der Waals surface area contributed by atoms with E-state index in [1.54, 1.807) is 11.3 Å². The number of fused-ring (bicyclic) bond motifs is 1. The van der Waals surface area contributed by atoms with E-state index in [9.17, 15) is 0 Å². The fraction of sp³-hybridized carbons (Fsp3) is 0.100. The van der Waals surface area contributed by atoms with Crippen molar-refractivity contribution in [1.82, 2.24) is 0 Å². The molecule has 0 aliphatic rings. The van der Waals surface area contributed by atoms with E-state index in [0.717, 1.165) is 20.5 Å². The molecule has 2 aromatic rings. The lowest BCUT2D eigenvalue weighted by Crippen LogP contribution is -1.94. The van der Waals surface area contributed by atoms with Crippen LogP contribution >= 0.6 is 24.0 Å². The molecule has 0 saturated heterocycles. The SMILES string of the molecule is N#CCc1c(N)cc(S)c2sccc12. The van der Waals surface area contributed by atoms with Crippen LogP contribution in [0, 0.1) is 11.3 Å². The van der Waals surface area contributed by atoms with Gasteiger partial charge in [0.25, 0.3) is 0 Å². The van der Waals surface area contributed by atoms with Gasteiger partial charge in [-0.05, 0) is 28.5 Å². The minimum absolute atomic E-state index is 0.354. The summed E-state index contributed by atoms with van der Waals surface area (Å²) in [5, 5.41) is 11.7. The summed E-state index contributed by atoms with van der Waals surface area (Å²) in [5.74, 6) is 0. The highest BCUT2D eigenvalue weighted by Gasteiger charge is 2.09. The van der Waals surface area contributed by atoms with E-state index in [1.807, 2.05) is 17.5 Å². The van der Waals surface area contributed by atoms with Crippen LogP contribution in [0.1, 0.15) is 5.56 Å². The van der Waals surface area contributed by atoms with Gasteiger partial charge >= 0.3 is 0 Å². The van der Waals surface area contributed by atoms with Crippen molar-refractivity contribution in [2.24, 2.45) is 0 Å². The maximum absolute atomic E-state index is 8.69. The number of nitrogens with two attached hydrogens (primary N) is 1. The van der Waals surface area contributed by atoms with Crippen LogP contribution in [0.5, 0.6) is 0 Å². The van der Waals surface area contributed by atoms with E-state index in [4.69, 9.17) is 11.0 Å². The van der Waals surface area contributed by atoms with Gasteiger partial charge in [-0.1, -0.05) is 0 Å². The fourth-order valence-electron chi connectivity index (χ4n) is 1.48. The third kappa shape index (κ3) is 1.35. The molecular formula is C10H8N2S2. The van der Waals surface area contributed by atoms with Crippen LogP contribution in [0.15, 0.2) is 22.4 Å². The molecule has 0 atom stereocenters. The smallest absolute Gasteiger partial charge is 0.0670 e. The molecule has 0 aliphatic carbocycles. The number of anilines is 1. The second-order valence-corrected chi connectivity index (χ2v) is 4.36. The van der Waals surface area contributed by atoms with Gasteiger partial charge in [-0.25, -0.2) is 0 Å². The Hall–Kier alpha value is -1.18. The number of nitrogens with zero attached hydrogens (tertiary/aromatic N) is 1. The molecule has 0 saturated carbocycles. The summed E-state index contributed by atoms with van der Waals surface area (Å²) >= 11 is 5.97. The summed E-state index contributed by atoms with van der Waals surface area (Å²) in [4.78, 5) is 0.884. The maximum Gasteiger partial charge on any atom is 0.0670 e. The number of rotatable bonds is 1. The molecule has 70 valence electrons. The summed E-state index contributed by atoms with van der Waals surface area (Å²) in [6, 6.07) is 5.93. The highest BCUT2D eigenvalue weighted by atomic mass is 32.1. The predicted molar refractivity (Wildman–Crippen MR) is 62.8 cm³/mol. The highest BCUT2D eigenvalue weighted by Crippen LogP contribution is 2.34. The molecular weight excluding hydrogens is 212 g/mol. The molecule has 0 radical (unpaired) electrons. The van der Waals surface area contributed by atoms with Gasteiger partial charge in [-0.15, -0.1) is 24.0 Å². The highest BCUT2D eigenvalue weighted by molar-refractivity contribution is 7.80. The molecule has 0 aliphatic heterocycles. The Morgan fingerprint density at radius 1 is 1.57 bits per heavy atom. The van der Waals surface area contributed by atoms with E-state index < -0.39 is 0 Å². The van der Waals surface area contributed by atoms with E-state index >= 15 is 0 Å². The summed E-state index contributed by atoms with van der Waals surface area (Å²) in [5.41, 5.74) is 7.41. The number of thiol groups is 1. The first kappa shape index (κ1) is 9.38. The van der Waals surface area contributed by atoms with Crippen LogP contribution in [-0.4, -0.2) is 0 Å². The van der Waals surface area contributed by atoms with Crippen molar-refractivity contribution >= 4 is 39.7 Å². The van der Waals surface area contributed by atoms with Crippen LogP contribution in [0.25, 0.3) is 10.1 Å². The van der Waals surface area contributed by atoms with Gasteiger partial charge in [-0.2, -0.15) is 5.26 Å². The zero-order valence-electron chi connectivity index (χ0n) is 7.32. The average molecular weight is 220 g/mol. The zero-order valence-corrected chi connectivity index (χ0v) is 9.03. The Morgan fingerprint density at radius 2 is 2.36 bits per heavy atom. The van der Waals surface area contributed by atoms with Crippen LogP contribution in [0.4, 0.5) is 5.69 Å². The van der Waals surface area contributed by atoms with Crippen molar-refractivity contribution in [2.45, 2.75) is 11.3 Å². The Kier molecular flexibility index (Phi) is 2.36. The average Bonchev–Trinajstić information content (AvgIpc) is 2.60. The quantitative estimate of drug-likeness (QED) is 0.573. The van der Waals surface area contributed by atoms with Gasteiger partial charge in [0.15, 0.2) is 0 Å². The van der Waals surface area contributed by atoms with Crippen LogP contribution < -0.4 is 5.73 Å². The molecule has 14 heavy (non-hydrogen) atoms. The Bertz CT molecular complexity index is 523. The summed E-state index contributed by atoms with van der Waals surface area (Å²) in [6.07, 6.45) is 0.354. The predicted octanol–water partition coefficient (Wildman–Crippen LogP) is 2.84. The number of hydrogen-bond donors (Lipinski definition) is 2. The Balaban J connectivity index is 2.81. The maximum atomic E-state index is 8.69. The largest absolute Gasteiger partial charge is 0.398 e. The molecule has 2 N–H and O–H groups in total. The molecule has 1 aromatic carbocycles. The first-order chi connectivity index (χ1) is 6.74. The lowest BCUT2D eigenvalue weighted by Gasteiger charge is -2.05. The van der Waals surface area contributed by atoms with Crippen LogP contribution in [-0.2, 0) is 6.42 Å². The number of hydrogen-bond acceptors (Lipinski definition) is 4. The first-order valence-corrected chi connectivity index (χ1v) is 5.41. The molecule has 0 unspecified atom stereocenters. The van der Waals surface area contributed by atoms with E-state index in [2.05, 4.69) is 18.7 Å². The lowest BCUT2D eigenvalue weighted by atomic mass is 10.1. The standard InChI is InChI=1S/C10H8N2S2/c11-3-1-6-7-2-4-14-10(7)9(13)5-8(6)12/h2,4-5,13H,1,12H2. The number of nitriles is 1. The van der Waals surface area contributed by atoms with Gasteiger partial charge < -0.3 is 5.73 Å². The van der Waals surface area contributed by atoms with Crippen molar-refractivity contribution < 1.29 is 0 Å². The van der Waals surface area contributed by atoms with Crippen molar-refractivity contribution in [2.75, 3.05) is 5.73 Å². The van der Waals surface area contributed by atoms with Crippen molar-refractivity contribution in [1.29, 1.82) is 5.26 Å². The summed E-state index contributed by atoms with van der Waals surface area (Å²) in [6.45, 7) is 0. The topological polar surface area (TPSA) is 49.8 Å². The van der Waals surface area contributed by atoms with Gasteiger partial charge in [0.1, 0.15) is 0 Å². The fourth-order valence-corrected chi connectivity index (χ4v) is 2.73. The van der Waals surface area contributed by atoms with E-state index in [1.165, 1.54) is 0 Å². The molecule has 1 aromatic heterocycles. The third-order valence-corrected chi connectivity index (χ3v) is 3.57. The monoisotopic (exact) mass is 220 g/mol. The molecule has 0 bridgehead atoms. The molecule has 0 spiro atoms. The third-order valence-electron chi connectivity index (χ3n) is 2.12.